The number of pyridine rings is 1. The molecule has 0 aliphatic rings. The van der Waals surface area contributed by atoms with Crippen LogP contribution in [-0.4, -0.2) is 21.3 Å². The molecule has 1 atom stereocenters. The molecule has 0 aliphatic carbocycles. The smallest absolute Gasteiger partial charge is 0.0643 e. The highest BCUT2D eigenvalue weighted by Gasteiger charge is 2.12. The Morgan fingerprint density at radius 2 is 2.06 bits per heavy atom. The number of hydrogen-bond donors (Lipinski definition) is 1. The molecule has 2 aromatic rings. The van der Waals surface area contributed by atoms with Gasteiger partial charge in [0.05, 0.1) is 5.69 Å². The summed E-state index contributed by atoms with van der Waals surface area (Å²) in [6.45, 7) is 3.19. The highest BCUT2D eigenvalue weighted by atomic mass is 15.2. The lowest BCUT2D eigenvalue weighted by atomic mass is 10.0. The Hall–Kier alpha value is -1.68. The first-order valence-electron chi connectivity index (χ1n) is 6.41. The monoisotopic (exact) mass is 244 g/mol. The summed E-state index contributed by atoms with van der Waals surface area (Å²) < 4.78 is 1.85. The molecule has 0 fully saturated rings. The molecule has 0 aromatic carbocycles. The maximum atomic E-state index is 4.45. The summed E-state index contributed by atoms with van der Waals surface area (Å²) in [4.78, 5) is 4.07. The molecule has 0 aliphatic heterocycles. The summed E-state index contributed by atoms with van der Waals surface area (Å²) in [5.74, 6) is 0. The topological polar surface area (TPSA) is 42.7 Å². The fraction of sp³-hybridized carbons (Fsp3) is 0.429. The molecular formula is C14H20N4. The second-order valence-electron chi connectivity index (χ2n) is 4.47. The largest absolute Gasteiger partial charge is 0.310 e. The SMILES string of the molecule is CCCNC(Cc1ccn(C)n1)c1ccncc1. The van der Waals surface area contributed by atoms with Crippen LogP contribution in [-0.2, 0) is 13.5 Å². The van der Waals surface area contributed by atoms with Crippen molar-refractivity contribution < 1.29 is 0 Å². The summed E-state index contributed by atoms with van der Waals surface area (Å²) >= 11 is 0. The van der Waals surface area contributed by atoms with Gasteiger partial charge in [-0.1, -0.05) is 6.92 Å². The molecule has 0 bridgehead atoms. The van der Waals surface area contributed by atoms with E-state index in [-0.39, 0.29) is 0 Å². The van der Waals surface area contributed by atoms with E-state index in [0.29, 0.717) is 6.04 Å². The molecule has 4 heteroatoms. The fourth-order valence-corrected chi connectivity index (χ4v) is 2.00. The molecule has 0 saturated heterocycles. The van der Waals surface area contributed by atoms with Gasteiger partial charge in [-0.2, -0.15) is 5.10 Å². The van der Waals surface area contributed by atoms with E-state index in [1.54, 1.807) is 0 Å². The molecule has 0 spiro atoms. The van der Waals surface area contributed by atoms with Crippen molar-refractivity contribution in [3.63, 3.8) is 0 Å². The van der Waals surface area contributed by atoms with Crippen molar-refractivity contribution in [2.75, 3.05) is 6.54 Å². The molecule has 4 nitrogen and oxygen atoms in total. The van der Waals surface area contributed by atoms with Crippen molar-refractivity contribution >= 4 is 0 Å². The predicted octanol–water partition coefficient (Wildman–Crippen LogP) is 2.10. The molecule has 0 amide bonds. The van der Waals surface area contributed by atoms with Gasteiger partial charge >= 0.3 is 0 Å². The van der Waals surface area contributed by atoms with E-state index in [1.807, 2.05) is 30.3 Å². The molecule has 96 valence electrons. The van der Waals surface area contributed by atoms with Crippen LogP contribution in [0.1, 0.15) is 30.6 Å². The average Bonchev–Trinajstić information content (AvgIpc) is 2.81. The highest BCUT2D eigenvalue weighted by Crippen LogP contribution is 2.16. The molecule has 0 saturated carbocycles. The highest BCUT2D eigenvalue weighted by molar-refractivity contribution is 5.17. The van der Waals surface area contributed by atoms with Gasteiger partial charge < -0.3 is 5.32 Å². The molecule has 18 heavy (non-hydrogen) atoms. The van der Waals surface area contributed by atoms with Crippen LogP contribution in [0.2, 0.25) is 0 Å². The van der Waals surface area contributed by atoms with E-state index in [2.05, 4.69) is 40.5 Å². The number of aryl methyl sites for hydroxylation is 1. The van der Waals surface area contributed by atoms with E-state index in [4.69, 9.17) is 0 Å². The van der Waals surface area contributed by atoms with E-state index in [9.17, 15) is 0 Å². The zero-order chi connectivity index (χ0) is 12.8. The lowest BCUT2D eigenvalue weighted by Crippen LogP contribution is -2.24. The third-order valence-corrected chi connectivity index (χ3v) is 2.93. The van der Waals surface area contributed by atoms with Gasteiger partial charge in [-0.3, -0.25) is 9.67 Å². The molecule has 2 aromatic heterocycles. The molecule has 0 radical (unpaired) electrons. The van der Waals surface area contributed by atoms with Crippen LogP contribution < -0.4 is 5.32 Å². The van der Waals surface area contributed by atoms with Gasteiger partial charge in [0.1, 0.15) is 0 Å². The summed E-state index contributed by atoms with van der Waals surface area (Å²) in [5.41, 5.74) is 2.38. The lowest BCUT2D eigenvalue weighted by molar-refractivity contribution is 0.520. The number of nitrogens with zero attached hydrogens (tertiary/aromatic N) is 3. The quantitative estimate of drug-likeness (QED) is 0.846. The van der Waals surface area contributed by atoms with Gasteiger partial charge in [0.2, 0.25) is 0 Å². The van der Waals surface area contributed by atoms with Crippen LogP contribution in [0, 0.1) is 0 Å². The zero-order valence-corrected chi connectivity index (χ0v) is 11.0. The minimum Gasteiger partial charge on any atom is -0.310 e. The lowest BCUT2D eigenvalue weighted by Gasteiger charge is -2.17. The van der Waals surface area contributed by atoms with Crippen molar-refractivity contribution in [3.05, 3.63) is 48.0 Å². The zero-order valence-electron chi connectivity index (χ0n) is 11.0. The minimum absolute atomic E-state index is 0.308. The van der Waals surface area contributed by atoms with Gasteiger partial charge in [0.25, 0.3) is 0 Å². The normalized spacial score (nSPS) is 12.6. The maximum Gasteiger partial charge on any atom is 0.0643 e. The molecular weight excluding hydrogens is 224 g/mol. The van der Waals surface area contributed by atoms with Gasteiger partial charge in [0.15, 0.2) is 0 Å². The third kappa shape index (κ3) is 3.40. The third-order valence-electron chi connectivity index (χ3n) is 2.93. The van der Waals surface area contributed by atoms with Crippen molar-refractivity contribution in [2.24, 2.45) is 7.05 Å². The minimum atomic E-state index is 0.308. The van der Waals surface area contributed by atoms with Gasteiger partial charge in [-0.15, -0.1) is 0 Å². The van der Waals surface area contributed by atoms with Crippen LogP contribution in [0.3, 0.4) is 0 Å². The van der Waals surface area contributed by atoms with Crippen molar-refractivity contribution in [3.8, 4) is 0 Å². The first kappa shape index (κ1) is 12.8. The van der Waals surface area contributed by atoms with Crippen molar-refractivity contribution in [1.29, 1.82) is 0 Å². The summed E-state index contributed by atoms with van der Waals surface area (Å²) in [7, 11) is 1.95. The summed E-state index contributed by atoms with van der Waals surface area (Å²) in [6, 6.07) is 6.51. The van der Waals surface area contributed by atoms with Crippen LogP contribution >= 0.6 is 0 Å². The Labute approximate surface area is 108 Å². The second kappa shape index (κ2) is 6.31. The number of aromatic nitrogens is 3. The molecule has 2 rings (SSSR count). The van der Waals surface area contributed by atoms with Crippen LogP contribution in [0.25, 0.3) is 0 Å². The Balaban J connectivity index is 2.10. The maximum absolute atomic E-state index is 4.45. The summed E-state index contributed by atoms with van der Waals surface area (Å²) in [5, 5.41) is 8.01. The van der Waals surface area contributed by atoms with Crippen LogP contribution in [0.5, 0.6) is 0 Å². The average molecular weight is 244 g/mol. The number of rotatable bonds is 6. The number of hydrogen-bond acceptors (Lipinski definition) is 3. The predicted molar refractivity (Wildman–Crippen MR) is 72.2 cm³/mol. The van der Waals surface area contributed by atoms with Crippen LogP contribution in [0.4, 0.5) is 0 Å². The molecule has 2 heterocycles. The Kier molecular flexibility index (Phi) is 4.47. The van der Waals surface area contributed by atoms with Gasteiger partial charge in [-0.05, 0) is 36.7 Å². The van der Waals surface area contributed by atoms with E-state index in [1.165, 1.54) is 5.56 Å². The second-order valence-corrected chi connectivity index (χ2v) is 4.47. The van der Waals surface area contributed by atoms with E-state index in [0.717, 1.165) is 25.1 Å². The van der Waals surface area contributed by atoms with Gasteiger partial charge in [-0.25, -0.2) is 0 Å². The first-order chi connectivity index (χ1) is 8.79. The van der Waals surface area contributed by atoms with Crippen LogP contribution in [0.15, 0.2) is 36.8 Å². The molecule has 1 N–H and O–H groups in total. The number of nitrogens with one attached hydrogen (secondary N) is 1. The van der Waals surface area contributed by atoms with Gasteiger partial charge in [0, 0.05) is 38.1 Å². The Morgan fingerprint density at radius 1 is 1.28 bits per heavy atom. The van der Waals surface area contributed by atoms with Crippen molar-refractivity contribution in [1.82, 2.24) is 20.1 Å². The summed E-state index contributed by atoms with van der Waals surface area (Å²) in [6.07, 6.45) is 7.70. The fourth-order valence-electron chi connectivity index (χ4n) is 2.00. The van der Waals surface area contributed by atoms with E-state index < -0.39 is 0 Å². The first-order valence-corrected chi connectivity index (χ1v) is 6.41. The Morgan fingerprint density at radius 3 is 2.67 bits per heavy atom. The molecule has 1 unspecified atom stereocenters. The van der Waals surface area contributed by atoms with Crippen molar-refractivity contribution in [2.45, 2.75) is 25.8 Å². The standard InChI is InChI=1S/C14H20N4/c1-3-7-16-14(12-4-8-15-9-5-12)11-13-6-10-18(2)17-13/h4-6,8-10,14,16H,3,7,11H2,1-2H3. The Bertz CT molecular complexity index is 464. The van der Waals surface area contributed by atoms with E-state index >= 15 is 0 Å².